The number of nitrogen functional groups attached to an aromatic ring is 1. The molecule has 7 heteroatoms. The molecule has 0 radical (unpaired) electrons. The summed E-state index contributed by atoms with van der Waals surface area (Å²) in [4.78, 5) is 11.3. The zero-order chi connectivity index (χ0) is 13.0. The summed E-state index contributed by atoms with van der Waals surface area (Å²) >= 11 is 0. The third-order valence-electron chi connectivity index (χ3n) is 1.81. The molecule has 0 saturated heterocycles. The Bertz CT molecular complexity index is 424. The number of alkyl halides is 2. The van der Waals surface area contributed by atoms with E-state index in [2.05, 4.69) is 9.47 Å². The largest absolute Gasteiger partial charge is 0.462 e. The lowest BCUT2D eigenvalue weighted by molar-refractivity contribution is -0.0494. The molecule has 0 aliphatic carbocycles. The van der Waals surface area contributed by atoms with Gasteiger partial charge in [0.15, 0.2) is 0 Å². The second-order valence-corrected chi connectivity index (χ2v) is 2.97. The van der Waals surface area contributed by atoms with Crippen LogP contribution in [-0.4, -0.2) is 19.2 Å². The van der Waals surface area contributed by atoms with E-state index >= 15 is 0 Å². The van der Waals surface area contributed by atoms with Gasteiger partial charge in [-0.05, 0) is 6.92 Å². The monoisotopic (exact) mass is 249 g/mol. The molecule has 0 fully saturated rings. The molecule has 0 aliphatic heterocycles. The average molecular weight is 249 g/mol. The minimum Gasteiger partial charge on any atom is -0.462 e. The van der Waals surface area contributed by atoms with Crippen LogP contribution in [0.5, 0.6) is 5.75 Å². The summed E-state index contributed by atoms with van der Waals surface area (Å²) in [6.07, 6.45) is 0. The van der Waals surface area contributed by atoms with Gasteiger partial charge in [-0.3, -0.25) is 0 Å². The molecular weight excluding hydrogens is 239 g/mol. The van der Waals surface area contributed by atoms with Crippen molar-refractivity contribution in [2.24, 2.45) is 0 Å². The first-order chi connectivity index (χ1) is 7.95. The van der Waals surface area contributed by atoms with Crippen LogP contribution in [-0.2, 0) is 4.74 Å². The zero-order valence-corrected chi connectivity index (χ0v) is 8.88. The number of halogens is 3. The molecule has 0 heterocycles. The van der Waals surface area contributed by atoms with Crippen molar-refractivity contribution in [2.75, 3.05) is 12.3 Å². The van der Waals surface area contributed by atoms with Gasteiger partial charge in [-0.1, -0.05) is 0 Å². The van der Waals surface area contributed by atoms with Crippen molar-refractivity contribution < 1.29 is 27.4 Å². The number of benzene rings is 1. The van der Waals surface area contributed by atoms with Crippen molar-refractivity contribution in [1.29, 1.82) is 0 Å². The predicted molar refractivity (Wildman–Crippen MR) is 53.4 cm³/mol. The molecule has 0 atom stereocenters. The van der Waals surface area contributed by atoms with Gasteiger partial charge in [-0.2, -0.15) is 8.78 Å². The van der Waals surface area contributed by atoms with E-state index in [-0.39, 0.29) is 12.3 Å². The van der Waals surface area contributed by atoms with E-state index in [1.165, 1.54) is 6.92 Å². The molecule has 0 aliphatic rings. The van der Waals surface area contributed by atoms with Gasteiger partial charge in [-0.15, -0.1) is 0 Å². The number of hydrogen-bond donors (Lipinski definition) is 1. The van der Waals surface area contributed by atoms with Crippen LogP contribution >= 0.6 is 0 Å². The second-order valence-electron chi connectivity index (χ2n) is 2.97. The summed E-state index contributed by atoms with van der Waals surface area (Å²) in [5, 5.41) is 0. The molecule has 17 heavy (non-hydrogen) atoms. The van der Waals surface area contributed by atoms with E-state index in [4.69, 9.17) is 5.73 Å². The van der Waals surface area contributed by atoms with E-state index in [0.717, 1.165) is 12.1 Å². The van der Waals surface area contributed by atoms with Crippen LogP contribution in [0.25, 0.3) is 0 Å². The second kappa shape index (κ2) is 5.42. The summed E-state index contributed by atoms with van der Waals surface area (Å²) in [5.41, 5.74) is 4.44. The molecule has 1 rings (SSSR count). The van der Waals surface area contributed by atoms with Crippen LogP contribution in [0.2, 0.25) is 0 Å². The Kier molecular flexibility index (Phi) is 4.19. The first-order valence-corrected chi connectivity index (χ1v) is 4.66. The van der Waals surface area contributed by atoms with E-state index in [0.29, 0.717) is 0 Å². The van der Waals surface area contributed by atoms with Crippen LogP contribution in [0.4, 0.5) is 18.9 Å². The Morgan fingerprint density at radius 2 is 2.12 bits per heavy atom. The van der Waals surface area contributed by atoms with Crippen LogP contribution in [0.1, 0.15) is 17.3 Å². The number of anilines is 1. The normalized spacial score (nSPS) is 10.4. The molecule has 0 bridgehead atoms. The van der Waals surface area contributed by atoms with Crippen LogP contribution in [0, 0.1) is 5.82 Å². The Labute approximate surface area is 95.1 Å². The highest BCUT2D eigenvalue weighted by atomic mass is 19.3. The number of rotatable bonds is 4. The minimum absolute atomic E-state index is 0.0354. The van der Waals surface area contributed by atoms with E-state index in [9.17, 15) is 18.0 Å². The molecule has 1 aromatic carbocycles. The summed E-state index contributed by atoms with van der Waals surface area (Å²) in [5.74, 6) is -2.39. The summed E-state index contributed by atoms with van der Waals surface area (Å²) in [6.45, 7) is -1.55. The van der Waals surface area contributed by atoms with Crippen molar-refractivity contribution in [1.82, 2.24) is 0 Å². The molecule has 4 nitrogen and oxygen atoms in total. The fraction of sp³-hybridized carbons (Fsp3) is 0.300. The van der Waals surface area contributed by atoms with Crippen LogP contribution < -0.4 is 10.5 Å². The number of ether oxygens (including phenoxy) is 2. The molecule has 94 valence electrons. The third kappa shape index (κ3) is 3.27. The standard InChI is InChI=1S/C10H10F3NO3/c1-2-16-9(15)5-3-8(17-10(12)13)7(14)4-6(5)11/h3-4,10H,2,14H2,1H3. The maximum Gasteiger partial charge on any atom is 0.387 e. The Morgan fingerprint density at radius 1 is 1.47 bits per heavy atom. The van der Waals surface area contributed by atoms with Gasteiger partial charge in [0.2, 0.25) is 0 Å². The Hall–Kier alpha value is -1.92. The van der Waals surface area contributed by atoms with Crippen molar-refractivity contribution in [3.05, 3.63) is 23.5 Å². The Balaban J connectivity index is 3.09. The average Bonchev–Trinajstić information content (AvgIpc) is 2.21. The molecule has 0 aromatic heterocycles. The summed E-state index contributed by atoms with van der Waals surface area (Å²) in [6, 6.07) is 1.51. The summed E-state index contributed by atoms with van der Waals surface area (Å²) in [7, 11) is 0. The van der Waals surface area contributed by atoms with E-state index in [1.807, 2.05) is 0 Å². The minimum atomic E-state index is -3.11. The first-order valence-electron chi connectivity index (χ1n) is 4.66. The third-order valence-corrected chi connectivity index (χ3v) is 1.81. The number of esters is 1. The van der Waals surface area contributed by atoms with Gasteiger partial charge < -0.3 is 15.2 Å². The maximum absolute atomic E-state index is 13.3. The maximum atomic E-state index is 13.3. The molecule has 0 saturated carbocycles. The van der Waals surface area contributed by atoms with E-state index in [1.54, 1.807) is 0 Å². The molecular formula is C10H10F3NO3. The fourth-order valence-electron chi connectivity index (χ4n) is 1.13. The topological polar surface area (TPSA) is 61.5 Å². The Morgan fingerprint density at radius 3 is 2.65 bits per heavy atom. The highest BCUT2D eigenvalue weighted by molar-refractivity contribution is 5.91. The number of nitrogens with two attached hydrogens (primary N) is 1. The molecule has 0 unspecified atom stereocenters. The lowest BCUT2D eigenvalue weighted by Crippen LogP contribution is -2.10. The number of carbonyl (C=O) groups excluding carboxylic acids is 1. The van der Waals surface area contributed by atoms with Gasteiger partial charge in [-0.25, -0.2) is 9.18 Å². The van der Waals surface area contributed by atoms with Crippen molar-refractivity contribution in [3.8, 4) is 5.75 Å². The first kappa shape index (κ1) is 13.1. The molecule has 0 spiro atoms. The molecule has 0 amide bonds. The van der Waals surface area contributed by atoms with Crippen LogP contribution in [0.3, 0.4) is 0 Å². The quantitative estimate of drug-likeness (QED) is 0.656. The molecule has 2 N–H and O–H groups in total. The highest BCUT2D eigenvalue weighted by Gasteiger charge is 2.18. The van der Waals surface area contributed by atoms with Gasteiger partial charge in [0.05, 0.1) is 17.9 Å². The number of hydrogen-bond acceptors (Lipinski definition) is 4. The zero-order valence-electron chi connectivity index (χ0n) is 8.88. The van der Waals surface area contributed by atoms with Crippen molar-refractivity contribution >= 4 is 11.7 Å². The van der Waals surface area contributed by atoms with Gasteiger partial charge in [0.1, 0.15) is 11.6 Å². The molecule has 1 aromatic rings. The van der Waals surface area contributed by atoms with Crippen molar-refractivity contribution in [2.45, 2.75) is 13.5 Å². The fourth-order valence-corrected chi connectivity index (χ4v) is 1.13. The SMILES string of the molecule is CCOC(=O)c1cc(OC(F)F)c(N)cc1F. The van der Waals surface area contributed by atoms with Gasteiger partial charge >= 0.3 is 12.6 Å². The highest BCUT2D eigenvalue weighted by Crippen LogP contribution is 2.27. The van der Waals surface area contributed by atoms with Crippen molar-refractivity contribution in [3.63, 3.8) is 0 Å². The predicted octanol–water partition coefficient (Wildman–Crippen LogP) is 2.19. The van der Waals surface area contributed by atoms with Gasteiger partial charge in [0, 0.05) is 12.1 Å². The van der Waals surface area contributed by atoms with Gasteiger partial charge in [0.25, 0.3) is 0 Å². The van der Waals surface area contributed by atoms with E-state index < -0.39 is 29.7 Å². The smallest absolute Gasteiger partial charge is 0.387 e. The lowest BCUT2D eigenvalue weighted by Gasteiger charge is -2.10. The lowest BCUT2D eigenvalue weighted by atomic mass is 10.2. The van der Waals surface area contributed by atoms with Crippen LogP contribution in [0.15, 0.2) is 12.1 Å². The summed E-state index contributed by atoms with van der Waals surface area (Å²) < 4.78 is 45.9. The number of carbonyl (C=O) groups is 1.